The van der Waals surface area contributed by atoms with Crippen molar-refractivity contribution in [1.82, 2.24) is 0 Å². The lowest BCUT2D eigenvalue weighted by Crippen LogP contribution is -3.00. The van der Waals surface area contributed by atoms with E-state index in [9.17, 15) is 13.2 Å². The van der Waals surface area contributed by atoms with E-state index in [2.05, 4.69) is 0 Å². The summed E-state index contributed by atoms with van der Waals surface area (Å²) in [5.74, 6) is 0. The smallest absolute Gasteiger partial charge is 0.416 e. The first-order chi connectivity index (χ1) is 6.39. The van der Waals surface area contributed by atoms with E-state index < -0.39 is 11.7 Å². The predicted molar refractivity (Wildman–Crippen MR) is 48.8 cm³/mol. The molecular weight excluding hydrogens is 227 g/mol. The van der Waals surface area contributed by atoms with Crippen LogP contribution in [0.3, 0.4) is 0 Å². The highest BCUT2D eigenvalue weighted by Gasteiger charge is 2.30. The Kier molecular flexibility index (Phi) is 5.11. The molecule has 0 bridgehead atoms. The van der Waals surface area contributed by atoms with Gasteiger partial charge in [-0.05, 0) is 25.0 Å². The number of halogens is 4. The summed E-state index contributed by atoms with van der Waals surface area (Å²) in [7, 11) is 0. The summed E-state index contributed by atoms with van der Waals surface area (Å²) in [6.45, 7) is 1.76. The van der Waals surface area contributed by atoms with Crippen molar-refractivity contribution in [3.8, 4) is 0 Å². The summed E-state index contributed by atoms with van der Waals surface area (Å²) in [6.07, 6.45) is -3.81. The van der Waals surface area contributed by atoms with E-state index in [1.807, 2.05) is 0 Å². The summed E-state index contributed by atoms with van der Waals surface area (Å²) < 4.78 is 36.8. The molecule has 0 fully saturated rings. The second kappa shape index (κ2) is 5.37. The largest absolute Gasteiger partial charge is 1.00 e. The number of benzene rings is 1. The van der Waals surface area contributed by atoms with Crippen molar-refractivity contribution in [3.05, 3.63) is 35.4 Å². The van der Waals surface area contributed by atoms with Crippen molar-refractivity contribution >= 4 is 0 Å². The van der Waals surface area contributed by atoms with Crippen molar-refractivity contribution in [2.24, 2.45) is 5.73 Å². The molecule has 0 aliphatic heterocycles. The molecule has 1 aromatic carbocycles. The van der Waals surface area contributed by atoms with Gasteiger partial charge in [-0.3, -0.25) is 0 Å². The highest BCUT2D eigenvalue weighted by atomic mass is 35.5. The molecule has 0 radical (unpaired) electrons. The van der Waals surface area contributed by atoms with E-state index in [0.717, 1.165) is 12.1 Å². The van der Waals surface area contributed by atoms with Gasteiger partial charge in [-0.25, -0.2) is 0 Å². The molecule has 0 unspecified atom stereocenters. The zero-order valence-corrected chi connectivity index (χ0v) is 8.94. The molecule has 1 atom stereocenters. The topological polar surface area (TPSA) is 26.0 Å². The van der Waals surface area contributed by atoms with E-state index in [-0.39, 0.29) is 18.4 Å². The Balaban J connectivity index is 0.00000196. The molecule has 0 heterocycles. The fourth-order valence-electron chi connectivity index (χ4n) is 1.25. The van der Waals surface area contributed by atoms with Gasteiger partial charge in [0.15, 0.2) is 0 Å². The third-order valence-corrected chi connectivity index (χ3v) is 1.81. The first-order valence-corrected chi connectivity index (χ1v) is 4.31. The van der Waals surface area contributed by atoms with E-state index in [1.165, 1.54) is 6.07 Å². The highest BCUT2D eigenvalue weighted by Crippen LogP contribution is 2.29. The minimum Gasteiger partial charge on any atom is -1.00 e. The number of nitrogens with two attached hydrogens (primary N) is 1. The van der Waals surface area contributed by atoms with Crippen molar-refractivity contribution < 1.29 is 25.6 Å². The third-order valence-electron chi connectivity index (χ3n) is 1.81. The van der Waals surface area contributed by atoms with Crippen LogP contribution in [0.4, 0.5) is 13.2 Å². The second-order valence-electron chi connectivity index (χ2n) is 3.38. The van der Waals surface area contributed by atoms with Crippen molar-refractivity contribution in [3.63, 3.8) is 0 Å². The second-order valence-corrected chi connectivity index (χ2v) is 3.38. The van der Waals surface area contributed by atoms with Crippen LogP contribution in [0.25, 0.3) is 0 Å². The van der Waals surface area contributed by atoms with E-state index in [1.54, 1.807) is 13.0 Å². The fourth-order valence-corrected chi connectivity index (χ4v) is 1.25. The van der Waals surface area contributed by atoms with Gasteiger partial charge in [-0.15, -0.1) is 0 Å². The van der Waals surface area contributed by atoms with Gasteiger partial charge in [0.1, 0.15) is 0 Å². The Labute approximate surface area is 92.9 Å². The molecular formula is C10H12ClF3N-. The Morgan fingerprint density at radius 2 is 1.93 bits per heavy atom. The van der Waals surface area contributed by atoms with Crippen LogP contribution in [-0.4, -0.2) is 6.04 Å². The average molecular weight is 239 g/mol. The highest BCUT2D eigenvalue weighted by molar-refractivity contribution is 5.26. The molecule has 0 aliphatic carbocycles. The number of hydrogen-bond donors (Lipinski definition) is 1. The first-order valence-electron chi connectivity index (χ1n) is 4.31. The molecule has 0 amide bonds. The van der Waals surface area contributed by atoms with Crippen LogP contribution in [0.1, 0.15) is 18.1 Å². The maximum atomic E-state index is 12.3. The van der Waals surface area contributed by atoms with Crippen molar-refractivity contribution in [1.29, 1.82) is 0 Å². The Morgan fingerprint density at radius 1 is 1.33 bits per heavy atom. The third kappa shape index (κ3) is 4.53. The summed E-state index contributed by atoms with van der Waals surface area (Å²) in [5, 5.41) is 0. The zero-order chi connectivity index (χ0) is 10.8. The van der Waals surface area contributed by atoms with Crippen molar-refractivity contribution in [2.75, 3.05) is 0 Å². The fraction of sp³-hybridized carbons (Fsp3) is 0.400. The van der Waals surface area contributed by atoms with E-state index in [4.69, 9.17) is 5.73 Å². The standard InChI is InChI=1S/C10H12F3N.ClH/c1-7(14)5-8-3-2-4-9(6-8)10(11,12)13;/h2-4,6-7H,5,14H2,1H3;1H/p-1/t7-;/m0./s1. The summed E-state index contributed by atoms with van der Waals surface area (Å²) in [4.78, 5) is 0. The molecule has 1 nitrogen and oxygen atoms in total. The van der Waals surface area contributed by atoms with Crippen LogP contribution in [-0.2, 0) is 12.6 Å². The molecule has 0 saturated heterocycles. The van der Waals surface area contributed by atoms with Crippen LogP contribution >= 0.6 is 0 Å². The van der Waals surface area contributed by atoms with Gasteiger partial charge >= 0.3 is 6.18 Å². The van der Waals surface area contributed by atoms with Crippen molar-refractivity contribution in [2.45, 2.75) is 25.6 Å². The van der Waals surface area contributed by atoms with Gasteiger partial charge in [-0.1, -0.05) is 18.2 Å². The Bertz CT molecular complexity index is 310. The van der Waals surface area contributed by atoms with Gasteiger partial charge in [-0.2, -0.15) is 13.2 Å². The number of rotatable bonds is 2. The predicted octanol–water partition coefficient (Wildman–Crippen LogP) is -0.401. The minimum atomic E-state index is -4.27. The van der Waals surface area contributed by atoms with Crippen LogP contribution in [0.2, 0.25) is 0 Å². The van der Waals surface area contributed by atoms with E-state index in [0.29, 0.717) is 12.0 Å². The lowest BCUT2D eigenvalue weighted by Gasteiger charge is -2.09. The van der Waals surface area contributed by atoms with Gasteiger partial charge in [0.05, 0.1) is 5.56 Å². The Morgan fingerprint density at radius 3 is 2.40 bits per heavy atom. The summed E-state index contributed by atoms with van der Waals surface area (Å²) >= 11 is 0. The number of alkyl halides is 3. The summed E-state index contributed by atoms with van der Waals surface area (Å²) in [5.41, 5.74) is 5.51. The molecule has 5 heteroatoms. The van der Waals surface area contributed by atoms with Gasteiger partial charge < -0.3 is 18.1 Å². The van der Waals surface area contributed by atoms with Gasteiger partial charge in [0, 0.05) is 6.04 Å². The molecule has 0 spiro atoms. The minimum absolute atomic E-state index is 0. The van der Waals surface area contributed by atoms with Gasteiger partial charge in [0.2, 0.25) is 0 Å². The molecule has 0 aliphatic rings. The molecule has 0 saturated carbocycles. The molecule has 1 aromatic rings. The number of hydrogen-bond acceptors (Lipinski definition) is 1. The quantitative estimate of drug-likeness (QED) is 0.746. The molecule has 0 aromatic heterocycles. The monoisotopic (exact) mass is 238 g/mol. The van der Waals surface area contributed by atoms with Crippen LogP contribution < -0.4 is 18.1 Å². The van der Waals surface area contributed by atoms with Crippen LogP contribution in [0.5, 0.6) is 0 Å². The maximum absolute atomic E-state index is 12.3. The van der Waals surface area contributed by atoms with E-state index >= 15 is 0 Å². The summed E-state index contributed by atoms with van der Waals surface area (Å²) in [6, 6.07) is 5.13. The molecule has 86 valence electrons. The molecule has 2 N–H and O–H groups in total. The van der Waals surface area contributed by atoms with Crippen LogP contribution in [0, 0.1) is 0 Å². The lowest BCUT2D eigenvalue weighted by atomic mass is 10.0. The Hall–Kier alpha value is -0.740. The zero-order valence-electron chi connectivity index (χ0n) is 8.18. The molecule has 15 heavy (non-hydrogen) atoms. The average Bonchev–Trinajstić information content (AvgIpc) is 2.01. The normalized spacial score (nSPS) is 13.1. The molecule has 1 rings (SSSR count). The maximum Gasteiger partial charge on any atom is 0.416 e. The lowest BCUT2D eigenvalue weighted by molar-refractivity contribution is -0.137. The van der Waals surface area contributed by atoms with Gasteiger partial charge in [0.25, 0.3) is 0 Å². The SMILES string of the molecule is C[C@H](N)Cc1cccc(C(F)(F)F)c1.[Cl-]. The van der Waals surface area contributed by atoms with Crippen LogP contribution in [0.15, 0.2) is 24.3 Å². The first kappa shape index (κ1) is 14.3.